The summed E-state index contributed by atoms with van der Waals surface area (Å²) >= 11 is 0. The largest absolute Gasteiger partial charge is 0.493 e. The molecule has 3 rings (SSSR count). The maximum absolute atomic E-state index is 14.5. The van der Waals surface area contributed by atoms with Crippen LogP contribution in [0.3, 0.4) is 0 Å². The van der Waals surface area contributed by atoms with E-state index in [0.29, 0.717) is 18.0 Å². The van der Waals surface area contributed by atoms with Crippen LogP contribution in [0.25, 0.3) is 0 Å². The smallest absolute Gasteiger partial charge is 0.240 e. The monoisotopic (exact) mass is 424 g/mol. The minimum atomic E-state index is -3.84. The molecule has 2 N–H and O–H groups in total. The van der Waals surface area contributed by atoms with Crippen molar-refractivity contribution in [1.29, 1.82) is 0 Å². The van der Waals surface area contributed by atoms with Crippen molar-refractivity contribution >= 4 is 10.0 Å². The number of ether oxygens (including phenoxy) is 3. The Balaban J connectivity index is 1.66. The van der Waals surface area contributed by atoms with Gasteiger partial charge < -0.3 is 14.2 Å². The standard InChI is InChI=1S/C20H25FN2O5S/c1-4-14-5-7-18(19(11-14)26-3)28-17-8-6-15(12-16(17)21)29(24,25)23-10-9-22-20-13(2)27-20/h5-8,11-13,20,22-23H,4,9-10H2,1-3H3. The zero-order chi connectivity index (χ0) is 21.0. The lowest BCUT2D eigenvalue weighted by molar-refractivity contribution is 0.351. The molecule has 9 heteroatoms. The second-order valence-corrected chi connectivity index (χ2v) is 8.41. The molecule has 2 aromatic rings. The van der Waals surface area contributed by atoms with Crippen molar-refractivity contribution in [2.75, 3.05) is 20.2 Å². The number of rotatable bonds is 10. The first-order valence-corrected chi connectivity index (χ1v) is 10.8. The van der Waals surface area contributed by atoms with Crippen LogP contribution in [0.2, 0.25) is 0 Å². The Hall–Kier alpha value is -2.20. The summed E-state index contributed by atoms with van der Waals surface area (Å²) < 4.78 is 57.7. The third-order valence-electron chi connectivity index (χ3n) is 4.54. The van der Waals surface area contributed by atoms with Crippen LogP contribution in [-0.4, -0.2) is 40.9 Å². The number of sulfonamides is 1. The minimum absolute atomic E-state index is 0.0308. The molecule has 0 bridgehead atoms. The van der Waals surface area contributed by atoms with E-state index in [4.69, 9.17) is 14.2 Å². The molecule has 1 heterocycles. The number of aryl methyl sites for hydroxylation is 1. The van der Waals surface area contributed by atoms with Crippen molar-refractivity contribution in [2.24, 2.45) is 0 Å². The highest BCUT2D eigenvalue weighted by atomic mass is 32.2. The van der Waals surface area contributed by atoms with E-state index in [-0.39, 0.29) is 29.5 Å². The summed E-state index contributed by atoms with van der Waals surface area (Å²) in [6, 6.07) is 8.89. The average molecular weight is 424 g/mol. The number of nitrogens with one attached hydrogen (secondary N) is 2. The van der Waals surface area contributed by atoms with Gasteiger partial charge in [-0.3, -0.25) is 5.32 Å². The van der Waals surface area contributed by atoms with Gasteiger partial charge >= 0.3 is 0 Å². The van der Waals surface area contributed by atoms with Gasteiger partial charge in [0.05, 0.1) is 18.1 Å². The predicted molar refractivity (Wildman–Crippen MR) is 106 cm³/mol. The van der Waals surface area contributed by atoms with Gasteiger partial charge in [0, 0.05) is 13.1 Å². The van der Waals surface area contributed by atoms with Crippen LogP contribution in [0.5, 0.6) is 17.2 Å². The molecule has 2 atom stereocenters. The molecule has 0 amide bonds. The van der Waals surface area contributed by atoms with Crippen LogP contribution in [0.1, 0.15) is 19.4 Å². The maximum Gasteiger partial charge on any atom is 0.240 e. The number of hydrogen-bond donors (Lipinski definition) is 2. The average Bonchev–Trinajstić information content (AvgIpc) is 3.42. The molecule has 2 unspecified atom stereocenters. The summed E-state index contributed by atoms with van der Waals surface area (Å²) in [7, 11) is -2.33. The Labute approximate surface area is 170 Å². The summed E-state index contributed by atoms with van der Waals surface area (Å²) in [4.78, 5) is -0.174. The lowest BCUT2D eigenvalue weighted by Gasteiger charge is -2.13. The Bertz CT molecular complexity index is 967. The molecule has 1 fully saturated rings. The first-order valence-electron chi connectivity index (χ1n) is 9.37. The van der Waals surface area contributed by atoms with Crippen LogP contribution >= 0.6 is 0 Å². The molecule has 1 aliphatic heterocycles. The van der Waals surface area contributed by atoms with Gasteiger partial charge in [-0.15, -0.1) is 0 Å². The molecule has 1 saturated heterocycles. The highest BCUT2D eigenvalue weighted by molar-refractivity contribution is 7.89. The third kappa shape index (κ3) is 5.45. The maximum atomic E-state index is 14.5. The molecule has 29 heavy (non-hydrogen) atoms. The molecule has 0 aliphatic carbocycles. The van der Waals surface area contributed by atoms with Gasteiger partial charge in [-0.2, -0.15) is 0 Å². The van der Waals surface area contributed by atoms with Gasteiger partial charge in [0.2, 0.25) is 10.0 Å². The van der Waals surface area contributed by atoms with Gasteiger partial charge in [0.1, 0.15) is 6.23 Å². The van der Waals surface area contributed by atoms with Gasteiger partial charge in [-0.05, 0) is 49.2 Å². The van der Waals surface area contributed by atoms with Crippen LogP contribution in [-0.2, 0) is 21.2 Å². The Morgan fingerprint density at radius 2 is 1.83 bits per heavy atom. The lowest BCUT2D eigenvalue weighted by atomic mass is 10.1. The molecule has 0 radical (unpaired) electrons. The number of benzene rings is 2. The van der Waals surface area contributed by atoms with Gasteiger partial charge in [-0.1, -0.05) is 13.0 Å². The number of halogens is 1. The fourth-order valence-electron chi connectivity index (χ4n) is 2.75. The summed E-state index contributed by atoms with van der Waals surface area (Å²) in [5.41, 5.74) is 1.05. The van der Waals surface area contributed by atoms with Crippen molar-refractivity contribution in [3.63, 3.8) is 0 Å². The van der Waals surface area contributed by atoms with Crippen molar-refractivity contribution < 1.29 is 27.0 Å². The first kappa shape index (κ1) is 21.5. The van der Waals surface area contributed by atoms with Crippen LogP contribution < -0.4 is 19.5 Å². The fraction of sp³-hybridized carbons (Fsp3) is 0.400. The molecule has 0 spiro atoms. The molecule has 0 aromatic heterocycles. The van der Waals surface area contributed by atoms with Crippen LogP contribution in [0.4, 0.5) is 4.39 Å². The molecule has 158 valence electrons. The minimum Gasteiger partial charge on any atom is -0.493 e. The van der Waals surface area contributed by atoms with E-state index in [1.807, 2.05) is 26.0 Å². The second kappa shape index (κ2) is 9.08. The molecular weight excluding hydrogens is 399 g/mol. The zero-order valence-corrected chi connectivity index (χ0v) is 17.4. The number of epoxide rings is 1. The molecular formula is C20H25FN2O5S. The van der Waals surface area contributed by atoms with E-state index < -0.39 is 15.8 Å². The molecule has 2 aromatic carbocycles. The normalized spacial score (nSPS) is 18.5. The van der Waals surface area contributed by atoms with Crippen molar-refractivity contribution in [3.05, 3.63) is 47.8 Å². The van der Waals surface area contributed by atoms with E-state index in [9.17, 15) is 12.8 Å². The fourth-order valence-corrected chi connectivity index (χ4v) is 3.79. The van der Waals surface area contributed by atoms with Crippen LogP contribution in [0, 0.1) is 5.82 Å². The highest BCUT2D eigenvalue weighted by Gasteiger charge is 2.33. The summed E-state index contributed by atoms with van der Waals surface area (Å²) in [5, 5.41) is 3.04. The molecule has 0 saturated carbocycles. The van der Waals surface area contributed by atoms with E-state index in [0.717, 1.165) is 18.1 Å². The Morgan fingerprint density at radius 1 is 1.10 bits per heavy atom. The quantitative estimate of drug-likeness (QED) is 0.450. The lowest BCUT2D eigenvalue weighted by Crippen LogP contribution is -2.33. The van der Waals surface area contributed by atoms with Gasteiger partial charge in [0.25, 0.3) is 0 Å². The predicted octanol–water partition coefficient (Wildman–Crippen LogP) is 2.80. The van der Waals surface area contributed by atoms with E-state index in [2.05, 4.69) is 10.0 Å². The highest BCUT2D eigenvalue weighted by Crippen LogP contribution is 2.34. The Morgan fingerprint density at radius 3 is 2.45 bits per heavy atom. The van der Waals surface area contributed by atoms with E-state index in [1.54, 1.807) is 6.07 Å². The first-order chi connectivity index (χ1) is 13.8. The van der Waals surface area contributed by atoms with E-state index >= 15 is 0 Å². The zero-order valence-electron chi connectivity index (χ0n) is 16.6. The van der Waals surface area contributed by atoms with Crippen LogP contribution in [0.15, 0.2) is 41.3 Å². The van der Waals surface area contributed by atoms with Crippen molar-refractivity contribution in [1.82, 2.24) is 10.0 Å². The van der Waals surface area contributed by atoms with Gasteiger partial charge in [0.15, 0.2) is 23.1 Å². The Kier molecular flexibility index (Phi) is 6.74. The SMILES string of the molecule is CCc1ccc(Oc2ccc(S(=O)(=O)NCCNC3OC3C)cc2F)c(OC)c1. The third-order valence-corrected chi connectivity index (χ3v) is 6.00. The van der Waals surface area contributed by atoms with Crippen molar-refractivity contribution in [2.45, 2.75) is 37.5 Å². The van der Waals surface area contributed by atoms with Gasteiger partial charge in [-0.25, -0.2) is 17.5 Å². The van der Waals surface area contributed by atoms with E-state index in [1.165, 1.54) is 19.2 Å². The molecule has 1 aliphatic rings. The molecule has 7 nitrogen and oxygen atoms in total. The summed E-state index contributed by atoms with van der Waals surface area (Å²) in [6.07, 6.45) is 0.939. The topological polar surface area (TPSA) is 89.2 Å². The van der Waals surface area contributed by atoms with Crippen molar-refractivity contribution in [3.8, 4) is 17.2 Å². The summed E-state index contributed by atoms with van der Waals surface area (Å²) in [6.45, 7) is 4.50. The number of methoxy groups -OCH3 is 1. The summed E-state index contributed by atoms with van der Waals surface area (Å²) in [5.74, 6) is -0.0515. The second-order valence-electron chi connectivity index (χ2n) is 6.65. The number of hydrogen-bond acceptors (Lipinski definition) is 6.